The van der Waals surface area contributed by atoms with E-state index in [0.717, 1.165) is 5.56 Å². The van der Waals surface area contributed by atoms with Crippen molar-refractivity contribution in [1.82, 2.24) is 0 Å². The van der Waals surface area contributed by atoms with Crippen LogP contribution in [-0.2, 0) is 6.54 Å². The minimum Gasteiger partial charge on any atom is -0.497 e. The van der Waals surface area contributed by atoms with Gasteiger partial charge in [0, 0.05) is 18.2 Å². The Bertz CT molecular complexity index is 344. The van der Waals surface area contributed by atoms with Gasteiger partial charge in [-0.25, -0.2) is 0 Å². The fraction of sp³-hybridized carbons (Fsp3) is 0.300. The minimum atomic E-state index is 0.0141. The Labute approximate surface area is 82.9 Å². The van der Waals surface area contributed by atoms with Crippen molar-refractivity contribution in [3.05, 3.63) is 23.8 Å². The van der Waals surface area contributed by atoms with Crippen molar-refractivity contribution >= 4 is 0 Å². The predicted octanol–water partition coefficient (Wildman–Crippen LogP) is 1.06. The molecule has 0 spiro atoms. The molecule has 0 bridgehead atoms. The van der Waals surface area contributed by atoms with E-state index >= 15 is 0 Å². The highest BCUT2D eigenvalue weighted by molar-refractivity contribution is 5.40. The molecule has 1 aromatic rings. The third-order valence-corrected chi connectivity index (χ3v) is 1.79. The number of rotatable bonds is 4. The Hall–Kier alpha value is -1.73. The molecular formula is C10H12N2O2. The molecule has 0 fully saturated rings. The Morgan fingerprint density at radius 2 is 2.29 bits per heavy atom. The molecule has 1 rings (SSSR count). The van der Waals surface area contributed by atoms with Gasteiger partial charge in [0.05, 0.1) is 7.11 Å². The van der Waals surface area contributed by atoms with Gasteiger partial charge < -0.3 is 15.2 Å². The van der Waals surface area contributed by atoms with E-state index in [1.807, 2.05) is 12.1 Å². The highest BCUT2D eigenvalue weighted by Crippen LogP contribution is 2.24. The average Bonchev–Trinajstić information content (AvgIpc) is 2.25. The molecule has 0 heterocycles. The highest BCUT2D eigenvalue weighted by atomic mass is 16.5. The molecule has 0 amide bonds. The summed E-state index contributed by atoms with van der Waals surface area (Å²) in [5.41, 5.74) is 6.37. The van der Waals surface area contributed by atoms with Gasteiger partial charge >= 0.3 is 0 Å². The normalized spacial score (nSPS) is 9.21. The monoisotopic (exact) mass is 192 g/mol. The van der Waals surface area contributed by atoms with E-state index < -0.39 is 0 Å². The molecule has 0 saturated carbocycles. The summed E-state index contributed by atoms with van der Waals surface area (Å²) in [6, 6.07) is 7.25. The summed E-state index contributed by atoms with van der Waals surface area (Å²) in [4.78, 5) is 0. The fourth-order valence-corrected chi connectivity index (χ4v) is 1.07. The first kappa shape index (κ1) is 10.4. The van der Waals surface area contributed by atoms with Crippen LogP contribution in [0.5, 0.6) is 11.5 Å². The fourth-order valence-electron chi connectivity index (χ4n) is 1.07. The van der Waals surface area contributed by atoms with E-state index in [0.29, 0.717) is 18.0 Å². The number of nitriles is 1. The summed E-state index contributed by atoms with van der Waals surface area (Å²) < 4.78 is 10.2. The van der Waals surface area contributed by atoms with Crippen molar-refractivity contribution in [3.63, 3.8) is 0 Å². The maximum Gasteiger partial charge on any atom is 0.174 e. The Balaban J connectivity index is 2.91. The van der Waals surface area contributed by atoms with Gasteiger partial charge in [0.25, 0.3) is 0 Å². The van der Waals surface area contributed by atoms with Crippen LogP contribution in [0, 0.1) is 11.3 Å². The van der Waals surface area contributed by atoms with Gasteiger partial charge in [-0.05, 0) is 6.07 Å². The smallest absolute Gasteiger partial charge is 0.174 e. The molecule has 0 aliphatic carbocycles. The van der Waals surface area contributed by atoms with Gasteiger partial charge in [-0.1, -0.05) is 6.07 Å². The number of ether oxygens (including phenoxy) is 2. The Morgan fingerprint density at radius 3 is 2.86 bits per heavy atom. The molecule has 0 radical (unpaired) electrons. The van der Waals surface area contributed by atoms with E-state index in [4.69, 9.17) is 20.5 Å². The van der Waals surface area contributed by atoms with Crippen molar-refractivity contribution in [3.8, 4) is 17.6 Å². The predicted molar refractivity (Wildman–Crippen MR) is 52.0 cm³/mol. The average molecular weight is 192 g/mol. The van der Waals surface area contributed by atoms with E-state index in [-0.39, 0.29) is 6.61 Å². The SMILES string of the molecule is COc1ccc(CN)c(OCC#N)c1. The number of methoxy groups -OCH3 is 1. The van der Waals surface area contributed by atoms with Crippen molar-refractivity contribution < 1.29 is 9.47 Å². The van der Waals surface area contributed by atoms with Crippen LogP contribution in [0.3, 0.4) is 0 Å². The number of nitrogens with two attached hydrogens (primary N) is 1. The van der Waals surface area contributed by atoms with Crippen LogP contribution in [0.1, 0.15) is 5.56 Å². The number of hydrogen-bond acceptors (Lipinski definition) is 4. The van der Waals surface area contributed by atoms with Crippen LogP contribution < -0.4 is 15.2 Å². The summed E-state index contributed by atoms with van der Waals surface area (Å²) in [6.45, 7) is 0.394. The third kappa shape index (κ3) is 2.38. The molecule has 2 N–H and O–H groups in total. The van der Waals surface area contributed by atoms with E-state index in [9.17, 15) is 0 Å². The summed E-state index contributed by atoms with van der Waals surface area (Å²) in [6.07, 6.45) is 0. The van der Waals surface area contributed by atoms with Gasteiger partial charge in [-0.3, -0.25) is 0 Å². The zero-order valence-electron chi connectivity index (χ0n) is 7.99. The molecule has 0 atom stereocenters. The lowest BCUT2D eigenvalue weighted by atomic mass is 10.2. The van der Waals surface area contributed by atoms with Crippen molar-refractivity contribution in [2.24, 2.45) is 5.73 Å². The summed E-state index contributed by atoms with van der Waals surface area (Å²) in [5, 5.41) is 8.38. The van der Waals surface area contributed by atoms with Crippen LogP contribution in [-0.4, -0.2) is 13.7 Å². The largest absolute Gasteiger partial charge is 0.497 e. The minimum absolute atomic E-state index is 0.0141. The first-order valence-electron chi connectivity index (χ1n) is 4.18. The lowest BCUT2D eigenvalue weighted by Gasteiger charge is -2.09. The summed E-state index contributed by atoms with van der Waals surface area (Å²) >= 11 is 0. The van der Waals surface area contributed by atoms with Crippen LogP contribution in [0.4, 0.5) is 0 Å². The Kier molecular flexibility index (Phi) is 3.77. The van der Waals surface area contributed by atoms with E-state index in [1.165, 1.54) is 0 Å². The van der Waals surface area contributed by atoms with Crippen molar-refractivity contribution in [2.45, 2.75) is 6.54 Å². The number of benzene rings is 1. The van der Waals surface area contributed by atoms with Crippen LogP contribution in [0.25, 0.3) is 0 Å². The van der Waals surface area contributed by atoms with Gasteiger partial charge in [-0.15, -0.1) is 0 Å². The van der Waals surface area contributed by atoms with Crippen LogP contribution in [0.2, 0.25) is 0 Å². The molecular weight excluding hydrogens is 180 g/mol. The molecule has 0 aromatic heterocycles. The molecule has 14 heavy (non-hydrogen) atoms. The lowest BCUT2D eigenvalue weighted by molar-refractivity contribution is 0.357. The quantitative estimate of drug-likeness (QED) is 0.774. The second-order valence-corrected chi connectivity index (χ2v) is 2.62. The zero-order chi connectivity index (χ0) is 10.4. The second kappa shape index (κ2) is 5.10. The summed E-state index contributed by atoms with van der Waals surface area (Å²) in [7, 11) is 1.57. The van der Waals surface area contributed by atoms with E-state index in [1.54, 1.807) is 19.2 Å². The first-order valence-corrected chi connectivity index (χ1v) is 4.18. The first-order chi connectivity index (χ1) is 6.81. The maximum absolute atomic E-state index is 8.38. The van der Waals surface area contributed by atoms with E-state index in [2.05, 4.69) is 0 Å². The molecule has 0 unspecified atom stereocenters. The standard InChI is InChI=1S/C10H12N2O2/c1-13-9-3-2-8(7-12)10(6-9)14-5-4-11/h2-3,6H,5,7,12H2,1H3. The van der Waals surface area contributed by atoms with Gasteiger partial charge in [0.15, 0.2) is 6.61 Å². The van der Waals surface area contributed by atoms with Crippen molar-refractivity contribution in [2.75, 3.05) is 13.7 Å². The molecule has 0 aliphatic heterocycles. The van der Waals surface area contributed by atoms with Crippen LogP contribution >= 0.6 is 0 Å². The van der Waals surface area contributed by atoms with Gasteiger partial charge in [0.1, 0.15) is 17.6 Å². The Morgan fingerprint density at radius 1 is 1.50 bits per heavy atom. The molecule has 74 valence electrons. The lowest BCUT2D eigenvalue weighted by Crippen LogP contribution is -2.02. The third-order valence-electron chi connectivity index (χ3n) is 1.79. The molecule has 0 aliphatic rings. The van der Waals surface area contributed by atoms with Gasteiger partial charge in [0.2, 0.25) is 0 Å². The van der Waals surface area contributed by atoms with Crippen molar-refractivity contribution in [1.29, 1.82) is 5.26 Å². The number of nitrogens with zero attached hydrogens (tertiary/aromatic N) is 1. The summed E-state index contributed by atoms with van der Waals surface area (Å²) in [5.74, 6) is 1.29. The number of hydrogen-bond donors (Lipinski definition) is 1. The van der Waals surface area contributed by atoms with Gasteiger partial charge in [-0.2, -0.15) is 5.26 Å². The van der Waals surface area contributed by atoms with Crippen LogP contribution in [0.15, 0.2) is 18.2 Å². The molecule has 4 nitrogen and oxygen atoms in total. The topological polar surface area (TPSA) is 68.3 Å². The maximum atomic E-state index is 8.38. The second-order valence-electron chi connectivity index (χ2n) is 2.62. The molecule has 0 saturated heterocycles. The zero-order valence-corrected chi connectivity index (χ0v) is 7.99. The molecule has 4 heteroatoms. The highest BCUT2D eigenvalue weighted by Gasteiger charge is 2.03. The molecule has 1 aromatic carbocycles.